The van der Waals surface area contributed by atoms with E-state index in [1.54, 1.807) is 6.08 Å². The SMILES string of the molecule is C=CC1CC(=O)N(c2cc(Br)cc(C(F)(F)F)c2)C1. The van der Waals surface area contributed by atoms with Crippen molar-refractivity contribution in [2.24, 2.45) is 5.92 Å². The largest absolute Gasteiger partial charge is 0.416 e. The zero-order valence-corrected chi connectivity index (χ0v) is 11.5. The van der Waals surface area contributed by atoms with E-state index in [1.165, 1.54) is 11.0 Å². The molecular weight excluding hydrogens is 323 g/mol. The number of carbonyl (C=O) groups is 1. The highest BCUT2D eigenvalue weighted by Crippen LogP contribution is 2.36. The van der Waals surface area contributed by atoms with Crippen molar-refractivity contribution in [2.75, 3.05) is 11.4 Å². The molecule has 0 aliphatic carbocycles. The van der Waals surface area contributed by atoms with E-state index < -0.39 is 11.7 Å². The minimum atomic E-state index is -4.43. The first-order valence-electron chi connectivity index (χ1n) is 5.62. The number of hydrogen-bond donors (Lipinski definition) is 0. The molecular formula is C13H11BrF3NO. The number of anilines is 1. The zero-order valence-electron chi connectivity index (χ0n) is 9.88. The van der Waals surface area contributed by atoms with Gasteiger partial charge in [0.05, 0.1) is 5.56 Å². The van der Waals surface area contributed by atoms with Crippen LogP contribution in [0, 0.1) is 5.92 Å². The summed E-state index contributed by atoms with van der Waals surface area (Å²) in [6, 6.07) is 3.50. The number of benzene rings is 1. The van der Waals surface area contributed by atoms with Crippen LogP contribution in [-0.2, 0) is 11.0 Å². The number of rotatable bonds is 2. The molecule has 6 heteroatoms. The van der Waals surface area contributed by atoms with Gasteiger partial charge in [-0.1, -0.05) is 22.0 Å². The molecule has 2 rings (SSSR count). The molecule has 102 valence electrons. The second kappa shape index (κ2) is 5.00. The molecule has 0 spiro atoms. The van der Waals surface area contributed by atoms with Crippen molar-refractivity contribution in [3.63, 3.8) is 0 Å². The average Bonchev–Trinajstić information content (AvgIpc) is 2.68. The molecule has 0 saturated carbocycles. The quantitative estimate of drug-likeness (QED) is 0.749. The fourth-order valence-corrected chi connectivity index (χ4v) is 2.52. The summed E-state index contributed by atoms with van der Waals surface area (Å²) < 4.78 is 38.5. The summed E-state index contributed by atoms with van der Waals surface area (Å²) >= 11 is 3.05. The van der Waals surface area contributed by atoms with Crippen LogP contribution in [0.2, 0.25) is 0 Å². The van der Waals surface area contributed by atoms with Crippen molar-refractivity contribution in [3.8, 4) is 0 Å². The fourth-order valence-electron chi connectivity index (χ4n) is 2.04. The summed E-state index contributed by atoms with van der Waals surface area (Å²) in [5, 5.41) is 0. The molecule has 1 aromatic rings. The minimum Gasteiger partial charge on any atom is -0.312 e. The Bertz CT molecular complexity index is 527. The Kier molecular flexibility index (Phi) is 3.71. The normalized spacial score (nSPS) is 19.9. The Balaban J connectivity index is 2.38. The third-order valence-corrected chi connectivity index (χ3v) is 3.47. The van der Waals surface area contributed by atoms with Crippen LogP contribution in [0.5, 0.6) is 0 Å². The van der Waals surface area contributed by atoms with Crippen LogP contribution in [0.3, 0.4) is 0 Å². The van der Waals surface area contributed by atoms with Crippen molar-refractivity contribution >= 4 is 27.5 Å². The maximum Gasteiger partial charge on any atom is 0.416 e. The summed E-state index contributed by atoms with van der Waals surface area (Å²) in [4.78, 5) is 13.2. The van der Waals surface area contributed by atoms with Crippen molar-refractivity contribution < 1.29 is 18.0 Å². The molecule has 2 nitrogen and oxygen atoms in total. The number of nitrogens with zero attached hydrogens (tertiary/aromatic N) is 1. The summed E-state index contributed by atoms with van der Waals surface area (Å²) in [6.07, 6.45) is -2.49. The first-order chi connectivity index (χ1) is 8.81. The van der Waals surface area contributed by atoms with Crippen LogP contribution in [0.1, 0.15) is 12.0 Å². The molecule has 0 aromatic heterocycles. The number of hydrogen-bond acceptors (Lipinski definition) is 1. The van der Waals surface area contributed by atoms with Crippen LogP contribution < -0.4 is 4.90 Å². The molecule has 0 N–H and O–H groups in total. The van der Waals surface area contributed by atoms with Gasteiger partial charge in [0.25, 0.3) is 0 Å². The van der Waals surface area contributed by atoms with E-state index in [0.29, 0.717) is 11.0 Å². The molecule has 1 saturated heterocycles. The molecule has 19 heavy (non-hydrogen) atoms. The van der Waals surface area contributed by atoms with Crippen molar-refractivity contribution in [2.45, 2.75) is 12.6 Å². The highest BCUT2D eigenvalue weighted by molar-refractivity contribution is 9.10. The van der Waals surface area contributed by atoms with Gasteiger partial charge < -0.3 is 4.90 Å². The maximum absolute atomic E-state index is 12.7. The lowest BCUT2D eigenvalue weighted by Gasteiger charge is -2.18. The molecule has 1 aliphatic rings. The van der Waals surface area contributed by atoms with Crippen LogP contribution in [-0.4, -0.2) is 12.5 Å². The van der Waals surface area contributed by atoms with Gasteiger partial charge in [0.1, 0.15) is 0 Å². The van der Waals surface area contributed by atoms with Gasteiger partial charge in [-0.25, -0.2) is 0 Å². The summed E-state index contributed by atoms with van der Waals surface area (Å²) in [5.74, 6) is -0.197. The second-order valence-corrected chi connectivity index (χ2v) is 5.32. The fraction of sp³-hybridized carbons (Fsp3) is 0.308. The lowest BCUT2D eigenvalue weighted by molar-refractivity contribution is -0.137. The summed E-state index contributed by atoms with van der Waals surface area (Å²) in [6.45, 7) is 3.98. The Hall–Kier alpha value is -1.30. The van der Waals surface area contributed by atoms with E-state index in [4.69, 9.17) is 0 Å². The van der Waals surface area contributed by atoms with Gasteiger partial charge in [-0.05, 0) is 18.2 Å². The minimum absolute atomic E-state index is 0.0131. The smallest absolute Gasteiger partial charge is 0.312 e. The molecule has 1 atom stereocenters. The molecule has 0 radical (unpaired) electrons. The van der Waals surface area contributed by atoms with Crippen LogP contribution in [0.25, 0.3) is 0 Å². The molecule has 1 aliphatic heterocycles. The lowest BCUT2D eigenvalue weighted by atomic mass is 10.1. The molecule has 0 bridgehead atoms. The Morgan fingerprint density at radius 2 is 2.05 bits per heavy atom. The number of carbonyl (C=O) groups excluding carboxylic acids is 1. The van der Waals surface area contributed by atoms with E-state index in [1.807, 2.05) is 0 Å². The van der Waals surface area contributed by atoms with Gasteiger partial charge in [-0.2, -0.15) is 13.2 Å². The maximum atomic E-state index is 12.7. The molecule has 1 amide bonds. The predicted molar refractivity (Wildman–Crippen MR) is 69.8 cm³/mol. The lowest BCUT2D eigenvalue weighted by Crippen LogP contribution is -2.24. The van der Waals surface area contributed by atoms with Crippen LogP contribution in [0.4, 0.5) is 18.9 Å². The Labute approximate surface area is 117 Å². The summed E-state index contributed by atoms with van der Waals surface area (Å²) in [7, 11) is 0. The van der Waals surface area contributed by atoms with Gasteiger partial charge in [0, 0.05) is 29.0 Å². The van der Waals surface area contributed by atoms with Gasteiger partial charge in [-0.15, -0.1) is 6.58 Å². The van der Waals surface area contributed by atoms with E-state index in [-0.39, 0.29) is 23.9 Å². The van der Waals surface area contributed by atoms with Gasteiger partial charge >= 0.3 is 6.18 Å². The third kappa shape index (κ3) is 3.00. The topological polar surface area (TPSA) is 20.3 Å². The number of halogens is 4. The molecule has 1 fully saturated rings. The third-order valence-electron chi connectivity index (χ3n) is 3.01. The van der Waals surface area contributed by atoms with E-state index >= 15 is 0 Å². The van der Waals surface area contributed by atoms with Gasteiger partial charge in [0.15, 0.2) is 0 Å². The Morgan fingerprint density at radius 3 is 2.58 bits per heavy atom. The van der Waals surface area contributed by atoms with Crippen LogP contribution >= 0.6 is 15.9 Å². The van der Waals surface area contributed by atoms with Crippen molar-refractivity contribution in [1.29, 1.82) is 0 Å². The van der Waals surface area contributed by atoms with Gasteiger partial charge in [-0.3, -0.25) is 4.79 Å². The Morgan fingerprint density at radius 1 is 1.37 bits per heavy atom. The molecule has 1 unspecified atom stereocenters. The molecule has 1 aromatic carbocycles. The number of amides is 1. The summed E-state index contributed by atoms with van der Waals surface area (Å²) in [5.41, 5.74) is -0.511. The molecule has 1 heterocycles. The van der Waals surface area contributed by atoms with E-state index in [2.05, 4.69) is 22.5 Å². The van der Waals surface area contributed by atoms with Crippen molar-refractivity contribution in [1.82, 2.24) is 0 Å². The van der Waals surface area contributed by atoms with Gasteiger partial charge in [0.2, 0.25) is 5.91 Å². The second-order valence-electron chi connectivity index (χ2n) is 4.40. The number of alkyl halides is 3. The average molecular weight is 334 g/mol. The predicted octanol–water partition coefficient (Wildman–Crippen LogP) is 4.01. The zero-order chi connectivity index (χ0) is 14.2. The van der Waals surface area contributed by atoms with E-state index in [9.17, 15) is 18.0 Å². The highest BCUT2D eigenvalue weighted by Gasteiger charge is 2.34. The monoisotopic (exact) mass is 333 g/mol. The van der Waals surface area contributed by atoms with E-state index in [0.717, 1.165) is 12.1 Å². The standard InChI is InChI=1S/C13H11BrF3NO/c1-2-8-3-12(19)18(7-8)11-5-9(13(15,16)17)4-10(14)6-11/h2,4-6,8H,1,3,7H2. The first kappa shape index (κ1) is 14.1. The van der Waals surface area contributed by atoms with Crippen molar-refractivity contribution in [3.05, 3.63) is 40.9 Å². The first-order valence-corrected chi connectivity index (χ1v) is 6.41. The highest BCUT2D eigenvalue weighted by atomic mass is 79.9. The van der Waals surface area contributed by atoms with Crippen LogP contribution in [0.15, 0.2) is 35.3 Å².